The normalized spacial score (nSPS) is 22.3. The lowest BCUT2D eigenvalue weighted by Gasteiger charge is -2.29. The van der Waals surface area contributed by atoms with Crippen LogP contribution in [0.15, 0.2) is 194 Å². The molecule has 12 rings (SSSR count). The molecule has 340 valence electrons. The zero-order valence-electron chi connectivity index (χ0n) is 38.4. The Labute approximate surface area is 397 Å². The summed E-state index contributed by atoms with van der Waals surface area (Å²) in [5.41, 5.74) is 9.36. The summed E-state index contributed by atoms with van der Waals surface area (Å²) in [7, 11) is 6.75. The Kier molecular flexibility index (Phi) is 11.6. The van der Waals surface area contributed by atoms with Crippen molar-refractivity contribution in [1.29, 1.82) is 0 Å². The fourth-order valence-electron chi connectivity index (χ4n) is 10.7. The van der Waals surface area contributed by atoms with E-state index in [1.54, 1.807) is 28.4 Å². The molecule has 4 heterocycles. The molecule has 0 bridgehead atoms. The van der Waals surface area contributed by atoms with Gasteiger partial charge in [0.25, 0.3) is 0 Å². The van der Waals surface area contributed by atoms with Crippen LogP contribution in [0.2, 0.25) is 0 Å². The second kappa shape index (κ2) is 18.4. The van der Waals surface area contributed by atoms with Gasteiger partial charge in [0.1, 0.15) is 70.4 Å². The maximum atomic E-state index is 6.61. The molecule has 0 fully saturated rings. The third-order valence-corrected chi connectivity index (χ3v) is 14.0. The van der Waals surface area contributed by atoms with Gasteiger partial charge in [-0.05, 0) is 95.1 Å². The molecule has 8 atom stereocenters. The summed E-state index contributed by atoms with van der Waals surface area (Å²) in [4.78, 5) is 0. The molecule has 0 aliphatic carbocycles. The average Bonchev–Trinajstić information content (AvgIpc) is 4.19. The predicted molar refractivity (Wildman–Crippen MR) is 262 cm³/mol. The van der Waals surface area contributed by atoms with Gasteiger partial charge >= 0.3 is 0 Å². The Bertz CT molecular complexity index is 2590. The van der Waals surface area contributed by atoms with E-state index in [0.29, 0.717) is 0 Å². The van der Waals surface area contributed by atoms with Gasteiger partial charge in [0.05, 0.1) is 28.4 Å². The highest BCUT2D eigenvalue weighted by atomic mass is 16.5. The summed E-state index contributed by atoms with van der Waals surface area (Å²) < 4.78 is 48.0. The molecule has 8 aromatic carbocycles. The lowest BCUT2D eigenvalue weighted by molar-refractivity contribution is 0.145. The van der Waals surface area contributed by atoms with E-state index < -0.39 is 0 Å². The molecule has 0 aromatic heterocycles. The van der Waals surface area contributed by atoms with Crippen molar-refractivity contribution in [3.05, 3.63) is 239 Å². The molecule has 0 saturated carbocycles. The fraction of sp³-hybridized carbons (Fsp3) is 0.200. The second-order valence-electron chi connectivity index (χ2n) is 17.5. The Hall–Kier alpha value is -7.84. The summed E-state index contributed by atoms with van der Waals surface area (Å²) in [5, 5.41) is 0. The first kappa shape index (κ1) is 42.8. The highest BCUT2D eigenvalue weighted by Gasteiger charge is 2.50. The average molecular weight is 901 g/mol. The molecule has 8 heteroatoms. The second-order valence-corrected chi connectivity index (χ2v) is 17.5. The molecule has 0 N–H and O–H groups in total. The maximum Gasteiger partial charge on any atom is 0.131 e. The van der Waals surface area contributed by atoms with E-state index in [9.17, 15) is 0 Å². The van der Waals surface area contributed by atoms with E-state index in [-0.39, 0.29) is 48.1 Å². The molecule has 68 heavy (non-hydrogen) atoms. The van der Waals surface area contributed by atoms with Gasteiger partial charge in [0.15, 0.2) is 0 Å². The van der Waals surface area contributed by atoms with Crippen LogP contribution in [0.1, 0.15) is 92.6 Å². The molecule has 8 aromatic rings. The summed E-state index contributed by atoms with van der Waals surface area (Å²) in [6, 6.07) is 66.3. The summed E-state index contributed by atoms with van der Waals surface area (Å²) in [6.07, 6.45) is -0.541. The van der Waals surface area contributed by atoms with Gasteiger partial charge in [0.2, 0.25) is 0 Å². The van der Waals surface area contributed by atoms with Gasteiger partial charge in [0, 0.05) is 45.9 Å². The molecular formula is C60H52O8. The minimum absolute atomic E-state index is 0.0837. The SMILES string of the molecule is COc1ccc([C@@H]2Oc3ccccc3[C@H]2[C@@H]2c3ccccc3O[C@H]2c2ccc(OC)cc2)cc1.COc1ccc([C@@H]2Oc3ccccc3[C@H]2[C@@H]2c3ccccc3O[C@H]2c2ccc(OC)cc2)cc1. The van der Waals surface area contributed by atoms with Crippen molar-refractivity contribution in [3.63, 3.8) is 0 Å². The third kappa shape index (κ3) is 7.79. The van der Waals surface area contributed by atoms with E-state index >= 15 is 0 Å². The van der Waals surface area contributed by atoms with Crippen LogP contribution < -0.4 is 37.9 Å². The summed E-state index contributed by atoms with van der Waals surface area (Å²) in [6.45, 7) is 0. The van der Waals surface area contributed by atoms with Gasteiger partial charge in [-0.3, -0.25) is 0 Å². The van der Waals surface area contributed by atoms with Crippen LogP contribution in [-0.2, 0) is 0 Å². The molecule has 4 aliphatic rings. The first-order valence-corrected chi connectivity index (χ1v) is 23.1. The Morgan fingerprint density at radius 3 is 0.632 bits per heavy atom. The van der Waals surface area contributed by atoms with Crippen LogP contribution >= 0.6 is 0 Å². The van der Waals surface area contributed by atoms with Crippen LogP contribution in [-0.4, -0.2) is 28.4 Å². The molecule has 0 unspecified atom stereocenters. The van der Waals surface area contributed by atoms with Crippen molar-refractivity contribution in [3.8, 4) is 46.0 Å². The predicted octanol–water partition coefficient (Wildman–Crippen LogP) is 13.7. The van der Waals surface area contributed by atoms with Gasteiger partial charge < -0.3 is 37.9 Å². The van der Waals surface area contributed by atoms with E-state index in [1.165, 1.54) is 22.3 Å². The molecule has 4 aliphatic heterocycles. The lowest BCUT2D eigenvalue weighted by Crippen LogP contribution is -2.22. The standard InChI is InChI=1S/2C30H26O4/c2*1-31-21-15-11-19(12-16-21)29-27(23-7-3-5-9-25(23)33-29)28-24-8-4-6-10-26(24)34-30(28)20-13-17-22(32-2)18-14-20/h2*3-18,27-30H,1-2H3/t2*27-,28-,29-,30-/m00/s1. The van der Waals surface area contributed by atoms with Crippen LogP contribution in [0, 0.1) is 0 Å². The minimum atomic E-state index is -0.135. The first-order chi connectivity index (χ1) is 33.5. The molecule has 8 nitrogen and oxygen atoms in total. The largest absolute Gasteiger partial charge is 0.497 e. The van der Waals surface area contributed by atoms with Crippen molar-refractivity contribution in [1.82, 2.24) is 0 Å². The lowest BCUT2D eigenvalue weighted by atomic mass is 9.74. The summed E-state index contributed by atoms with van der Waals surface area (Å²) >= 11 is 0. The number of benzene rings is 8. The number of para-hydroxylation sites is 4. The van der Waals surface area contributed by atoms with Crippen molar-refractivity contribution >= 4 is 0 Å². The maximum absolute atomic E-state index is 6.61. The van der Waals surface area contributed by atoms with Crippen molar-refractivity contribution in [2.45, 2.75) is 48.1 Å². The highest BCUT2D eigenvalue weighted by Crippen LogP contribution is 2.62. The van der Waals surface area contributed by atoms with E-state index in [2.05, 4.69) is 121 Å². The molecule has 0 spiro atoms. The molecule has 0 radical (unpaired) electrons. The topological polar surface area (TPSA) is 73.8 Å². The molecule has 0 amide bonds. The Morgan fingerprint density at radius 2 is 0.441 bits per heavy atom. The van der Waals surface area contributed by atoms with Gasteiger partial charge in [-0.2, -0.15) is 0 Å². The monoisotopic (exact) mass is 900 g/mol. The summed E-state index contributed by atoms with van der Waals surface area (Å²) in [5.74, 6) is 7.42. The smallest absolute Gasteiger partial charge is 0.131 e. The zero-order chi connectivity index (χ0) is 46.1. The van der Waals surface area contributed by atoms with Crippen molar-refractivity contribution < 1.29 is 37.9 Å². The number of rotatable bonds is 10. The van der Waals surface area contributed by atoms with Crippen LogP contribution in [0.25, 0.3) is 0 Å². The van der Waals surface area contributed by atoms with Crippen LogP contribution in [0.5, 0.6) is 46.0 Å². The van der Waals surface area contributed by atoms with Crippen LogP contribution in [0.3, 0.4) is 0 Å². The van der Waals surface area contributed by atoms with Gasteiger partial charge in [-0.15, -0.1) is 0 Å². The van der Waals surface area contributed by atoms with E-state index in [1.807, 2.05) is 72.8 Å². The van der Waals surface area contributed by atoms with Crippen molar-refractivity contribution in [2.75, 3.05) is 28.4 Å². The van der Waals surface area contributed by atoms with E-state index in [4.69, 9.17) is 37.9 Å². The number of fused-ring (bicyclic) bond motifs is 4. The highest BCUT2D eigenvalue weighted by molar-refractivity contribution is 5.54. The Morgan fingerprint density at radius 1 is 0.250 bits per heavy atom. The quantitative estimate of drug-likeness (QED) is 0.134. The number of ether oxygens (including phenoxy) is 8. The third-order valence-electron chi connectivity index (χ3n) is 14.0. The minimum Gasteiger partial charge on any atom is -0.497 e. The molecule has 0 saturated heterocycles. The van der Waals surface area contributed by atoms with Gasteiger partial charge in [-0.1, -0.05) is 121 Å². The number of hydrogen-bond acceptors (Lipinski definition) is 8. The van der Waals surface area contributed by atoms with Crippen molar-refractivity contribution in [2.24, 2.45) is 0 Å². The first-order valence-electron chi connectivity index (χ1n) is 23.1. The number of hydrogen-bond donors (Lipinski definition) is 0. The van der Waals surface area contributed by atoms with Crippen LogP contribution in [0.4, 0.5) is 0 Å². The zero-order valence-corrected chi connectivity index (χ0v) is 38.4. The Balaban J connectivity index is 0.000000149. The molecular weight excluding hydrogens is 849 g/mol. The number of methoxy groups -OCH3 is 4. The fourth-order valence-corrected chi connectivity index (χ4v) is 10.7. The van der Waals surface area contributed by atoms with Gasteiger partial charge in [-0.25, -0.2) is 0 Å². The van der Waals surface area contributed by atoms with E-state index in [0.717, 1.165) is 68.2 Å².